The first-order valence-corrected chi connectivity index (χ1v) is 10.7. The van der Waals surface area contributed by atoms with Gasteiger partial charge in [-0.2, -0.15) is 0 Å². The van der Waals surface area contributed by atoms with Crippen LogP contribution < -0.4 is 25.0 Å². The zero-order valence-corrected chi connectivity index (χ0v) is 18.7. The van der Waals surface area contributed by atoms with Gasteiger partial charge in [0.2, 0.25) is 0 Å². The van der Waals surface area contributed by atoms with Gasteiger partial charge in [0.15, 0.2) is 5.96 Å². The van der Waals surface area contributed by atoms with Crippen molar-refractivity contribution in [3.63, 3.8) is 0 Å². The number of hydrogen-bond acceptors (Lipinski definition) is 4. The van der Waals surface area contributed by atoms with E-state index in [0.717, 1.165) is 67.1 Å². The number of ether oxygens (including phenoxy) is 2. The topological polar surface area (TPSA) is 58.1 Å². The van der Waals surface area contributed by atoms with E-state index in [9.17, 15) is 0 Å². The fourth-order valence-corrected chi connectivity index (χ4v) is 3.94. The highest BCUT2D eigenvalue weighted by Gasteiger charge is 2.23. The van der Waals surface area contributed by atoms with E-state index in [1.54, 1.807) is 21.3 Å². The van der Waals surface area contributed by atoms with E-state index in [0.29, 0.717) is 5.92 Å². The molecule has 2 aromatic carbocycles. The van der Waals surface area contributed by atoms with E-state index in [-0.39, 0.29) is 0 Å². The van der Waals surface area contributed by atoms with Gasteiger partial charge in [-0.15, -0.1) is 0 Å². The molecule has 1 aliphatic rings. The predicted molar refractivity (Wildman–Crippen MR) is 124 cm³/mol. The number of rotatable bonds is 8. The van der Waals surface area contributed by atoms with Crippen molar-refractivity contribution in [2.75, 3.05) is 52.3 Å². The minimum absolute atomic E-state index is 0.575. The van der Waals surface area contributed by atoms with Gasteiger partial charge in [-0.1, -0.05) is 23.7 Å². The quantitative estimate of drug-likeness (QED) is 0.495. The highest BCUT2D eigenvalue weighted by Crippen LogP contribution is 2.26. The minimum atomic E-state index is 0.575. The van der Waals surface area contributed by atoms with Crippen LogP contribution in [-0.4, -0.2) is 53.4 Å². The van der Waals surface area contributed by atoms with Crippen molar-refractivity contribution >= 4 is 23.2 Å². The maximum absolute atomic E-state index is 6.32. The standard InChI is InChI=1S/C23H31ClN4O2/c1-25-23(26-11-9-18-7-8-21(30-3)14-22(18)24)27-15-17-10-12-28(16-17)19-5-4-6-20(13-19)29-2/h4-8,13-14,17H,9-12,15-16H2,1-3H3,(H2,25,26,27). The van der Waals surface area contributed by atoms with Crippen LogP contribution in [-0.2, 0) is 6.42 Å². The molecule has 1 unspecified atom stereocenters. The highest BCUT2D eigenvalue weighted by atomic mass is 35.5. The van der Waals surface area contributed by atoms with E-state index in [1.807, 2.05) is 30.3 Å². The highest BCUT2D eigenvalue weighted by molar-refractivity contribution is 6.31. The lowest BCUT2D eigenvalue weighted by atomic mass is 10.1. The molecule has 1 saturated heterocycles. The summed E-state index contributed by atoms with van der Waals surface area (Å²) in [6.45, 7) is 3.73. The van der Waals surface area contributed by atoms with Gasteiger partial charge in [0.05, 0.1) is 14.2 Å². The zero-order chi connectivity index (χ0) is 21.3. The fourth-order valence-electron chi connectivity index (χ4n) is 3.68. The van der Waals surface area contributed by atoms with Crippen molar-refractivity contribution in [1.29, 1.82) is 0 Å². The number of benzene rings is 2. The maximum Gasteiger partial charge on any atom is 0.190 e. The molecule has 3 rings (SSSR count). The number of anilines is 1. The van der Waals surface area contributed by atoms with E-state index < -0.39 is 0 Å². The van der Waals surface area contributed by atoms with E-state index in [4.69, 9.17) is 21.1 Å². The molecule has 2 N–H and O–H groups in total. The summed E-state index contributed by atoms with van der Waals surface area (Å²) in [5.74, 6) is 3.06. The lowest BCUT2D eigenvalue weighted by Crippen LogP contribution is -2.41. The van der Waals surface area contributed by atoms with Gasteiger partial charge < -0.3 is 25.0 Å². The van der Waals surface area contributed by atoms with Crippen molar-refractivity contribution in [3.8, 4) is 11.5 Å². The second-order valence-corrected chi connectivity index (χ2v) is 7.80. The molecule has 0 spiro atoms. The first kappa shape index (κ1) is 22.1. The third-order valence-electron chi connectivity index (χ3n) is 5.43. The van der Waals surface area contributed by atoms with Gasteiger partial charge in [-0.25, -0.2) is 0 Å². The molecular formula is C23H31ClN4O2. The molecule has 162 valence electrons. The molecule has 0 aliphatic carbocycles. The van der Waals surface area contributed by atoms with Crippen LogP contribution in [0.3, 0.4) is 0 Å². The van der Waals surface area contributed by atoms with Crippen LogP contribution in [0.15, 0.2) is 47.5 Å². The fraction of sp³-hybridized carbons (Fsp3) is 0.435. The van der Waals surface area contributed by atoms with Crippen LogP contribution in [0.1, 0.15) is 12.0 Å². The summed E-state index contributed by atoms with van der Waals surface area (Å²) in [6.07, 6.45) is 1.97. The van der Waals surface area contributed by atoms with Crippen LogP contribution in [0.25, 0.3) is 0 Å². The molecule has 7 heteroatoms. The van der Waals surface area contributed by atoms with Crippen molar-refractivity contribution < 1.29 is 9.47 Å². The molecule has 1 fully saturated rings. The Bertz CT molecular complexity index is 859. The number of methoxy groups -OCH3 is 2. The number of guanidine groups is 1. The number of nitrogens with zero attached hydrogens (tertiary/aromatic N) is 2. The SMILES string of the molecule is CN=C(NCCc1ccc(OC)cc1Cl)NCC1CCN(c2cccc(OC)c2)C1. The normalized spacial score (nSPS) is 16.5. The Morgan fingerprint density at radius 2 is 1.93 bits per heavy atom. The van der Waals surface area contributed by atoms with Gasteiger partial charge in [-0.3, -0.25) is 4.99 Å². The first-order valence-electron chi connectivity index (χ1n) is 10.3. The van der Waals surface area contributed by atoms with Crippen LogP contribution in [0.2, 0.25) is 5.02 Å². The number of aliphatic imine (C=N–C) groups is 1. The molecule has 0 aromatic heterocycles. The number of hydrogen-bond donors (Lipinski definition) is 2. The van der Waals surface area contributed by atoms with Crippen LogP contribution >= 0.6 is 11.6 Å². The largest absolute Gasteiger partial charge is 0.497 e. The molecule has 30 heavy (non-hydrogen) atoms. The molecular weight excluding hydrogens is 400 g/mol. The van der Waals surface area contributed by atoms with Crippen molar-refractivity contribution in [3.05, 3.63) is 53.1 Å². The summed E-state index contributed by atoms with van der Waals surface area (Å²) in [7, 11) is 5.15. The smallest absolute Gasteiger partial charge is 0.190 e. The van der Waals surface area contributed by atoms with Crippen molar-refractivity contribution in [1.82, 2.24) is 10.6 Å². The van der Waals surface area contributed by atoms with Crippen LogP contribution in [0.4, 0.5) is 5.69 Å². The zero-order valence-electron chi connectivity index (χ0n) is 18.0. The summed E-state index contributed by atoms with van der Waals surface area (Å²) in [6, 6.07) is 14.0. The minimum Gasteiger partial charge on any atom is -0.497 e. The Morgan fingerprint density at radius 1 is 1.13 bits per heavy atom. The van der Waals surface area contributed by atoms with Gasteiger partial charge in [0.25, 0.3) is 0 Å². The van der Waals surface area contributed by atoms with Crippen LogP contribution in [0, 0.1) is 5.92 Å². The van der Waals surface area contributed by atoms with Gasteiger partial charge in [0.1, 0.15) is 11.5 Å². The summed E-state index contributed by atoms with van der Waals surface area (Å²) >= 11 is 6.32. The Balaban J connectivity index is 1.42. The molecule has 0 saturated carbocycles. The van der Waals surface area contributed by atoms with Crippen molar-refractivity contribution in [2.45, 2.75) is 12.8 Å². The first-order chi connectivity index (χ1) is 14.6. The predicted octanol–water partition coefficient (Wildman–Crippen LogP) is 3.59. The molecule has 1 aliphatic heterocycles. The molecule has 0 amide bonds. The van der Waals surface area contributed by atoms with Gasteiger partial charge in [-0.05, 0) is 48.6 Å². The van der Waals surface area contributed by atoms with Crippen molar-refractivity contribution in [2.24, 2.45) is 10.9 Å². The third kappa shape index (κ3) is 5.95. The van der Waals surface area contributed by atoms with E-state index >= 15 is 0 Å². The summed E-state index contributed by atoms with van der Waals surface area (Å²) < 4.78 is 10.5. The Hall–Kier alpha value is -2.60. The summed E-state index contributed by atoms with van der Waals surface area (Å²) in [5.41, 5.74) is 2.31. The second-order valence-electron chi connectivity index (χ2n) is 7.39. The number of halogens is 1. The molecule has 6 nitrogen and oxygen atoms in total. The van der Waals surface area contributed by atoms with Crippen LogP contribution in [0.5, 0.6) is 11.5 Å². The molecule has 0 radical (unpaired) electrons. The average Bonchev–Trinajstić information content (AvgIpc) is 3.26. The van der Waals surface area contributed by atoms with E-state index in [2.05, 4.69) is 32.7 Å². The average molecular weight is 431 g/mol. The lowest BCUT2D eigenvalue weighted by molar-refractivity contribution is 0.414. The molecule has 1 atom stereocenters. The summed E-state index contributed by atoms with van der Waals surface area (Å²) in [4.78, 5) is 6.75. The Morgan fingerprint density at radius 3 is 2.67 bits per heavy atom. The second kappa shape index (κ2) is 11.0. The lowest BCUT2D eigenvalue weighted by Gasteiger charge is -2.20. The molecule has 1 heterocycles. The molecule has 2 aromatic rings. The van der Waals surface area contributed by atoms with E-state index in [1.165, 1.54) is 5.69 Å². The molecule has 0 bridgehead atoms. The Kier molecular flexibility index (Phi) is 8.08. The third-order valence-corrected chi connectivity index (χ3v) is 5.78. The Labute approximate surface area is 184 Å². The number of nitrogens with one attached hydrogen (secondary N) is 2. The monoisotopic (exact) mass is 430 g/mol. The summed E-state index contributed by atoms with van der Waals surface area (Å²) in [5, 5.41) is 7.56. The maximum atomic E-state index is 6.32. The van der Waals surface area contributed by atoms with Gasteiger partial charge >= 0.3 is 0 Å². The van der Waals surface area contributed by atoms with Gasteiger partial charge in [0, 0.05) is 50.0 Å².